The van der Waals surface area contributed by atoms with Crippen LogP contribution in [-0.2, 0) is 4.74 Å². The Labute approximate surface area is 117 Å². The first kappa shape index (κ1) is 13.9. The van der Waals surface area contributed by atoms with E-state index in [-0.39, 0.29) is 5.97 Å². The van der Waals surface area contributed by atoms with Crippen LogP contribution >= 0.6 is 11.3 Å². The fourth-order valence-corrected chi connectivity index (χ4v) is 2.86. The van der Waals surface area contributed by atoms with Crippen LogP contribution in [0.2, 0.25) is 0 Å². The summed E-state index contributed by atoms with van der Waals surface area (Å²) in [4.78, 5) is 12.5. The first-order valence-electron chi connectivity index (χ1n) is 6.67. The molecule has 1 heterocycles. The highest BCUT2D eigenvalue weighted by molar-refractivity contribution is 7.20. The number of nitrogen functional groups attached to an aromatic ring is 1. The Morgan fingerprint density at radius 1 is 1.26 bits per heavy atom. The zero-order valence-corrected chi connectivity index (χ0v) is 12.0. The Balaban J connectivity index is 1.94. The SMILES string of the molecule is CCCCCCOC(=O)c1cc2cc(N)ccc2s1. The molecule has 0 aliphatic heterocycles. The normalized spacial score (nSPS) is 10.8. The Morgan fingerprint density at radius 3 is 2.89 bits per heavy atom. The quantitative estimate of drug-likeness (QED) is 0.488. The third-order valence-electron chi connectivity index (χ3n) is 2.97. The zero-order valence-electron chi connectivity index (χ0n) is 11.1. The molecule has 1 aromatic heterocycles. The van der Waals surface area contributed by atoms with E-state index < -0.39 is 0 Å². The first-order valence-corrected chi connectivity index (χ1v) is 7.48. The van der Waals surface area contributed by atoms with Gasteiger partial charge in [-0.1, -0.05) is 26.2 Å². The van der Waals surface area contributed by atoms with Crippen LogP contribution in [0.5, 0.6) is 0 Å². The predicted octanol–water partition coefficient (Wildman–Crippen LogP) is 4.22. The maximum Gasteiger partial charge on any atom is 0.348 e. The van der Waals surface area contributed by atoms with E-state index in [1.165, 1.54) is 24.2 Å². The van der Waals surface area contributed by atoms with Gasteiger partial charge in [-0.3, -0.25) is 0 Å². The standard InChI is InChI=1S/C15H19NO2S/c1-2-3-4-5-8-18-15(17)14-10-11-9-12(16)6-7-13(11)19-14/h6-7,9-10H,2-5,8,16H2,1H3. The molecule has 0 radical (unpaired) electrons. The summed E-state index contributed by atoms with van der Waals surface area (Å²) in [5.41, 5.74) is 6.44. The van der Waals surface area contributed by atoms with Crippen molar-refractivity contribution in [2.75, 3.05) is 12.3 Å². The van der Waals surface area contributed by atoms with E-state index in [9.17, 15) is 4.79 Å². The molecule has 2 aromatic rings. The lowest BCUT2D eigenvalue weighted by molar-refractivity contribution is 0.0503. The lowest BCUT2D eigenvalue weighted by Crippen LogP contribution is -2.04. The van der Waals surface area contributed by atoms with Crippen molar-refractivity contribution < 1.29 is 9.53 Å². The van der Waals surface area contributed by atoms with E-state index in [1.807, 2.05) is 24.3 Å². The van der Waals surface area contributed by atoms with Crippen molar-refractivity contribution in [1.82, 2.24) is 0 Å². The van der Waals surface area contributed by atoms with Gasteiger partial charge in [0, 0.05) is 10.4 Å². The minimum absolute atomic E-state index is 0.226. The Hall–Kier alpha value is -1.55. The van der Waals surface area contributed by atoms with Crippen molar-refractivity contribution in [1.29, 1.82) is 0 Å². The molecule has 2 N–H and O–H groups in total. The number of unbranched alkanes of at least 4 members (excludes halogenated alkanes) is 3. The minimum Gasteiger partial charge on any atom is -0.462 e. The maximum atomic E-state index is 11.9. The number of esters is 1. The molecule has 0 bridgehead atoms. The number of carbonyl (C=O) groups is 1. The molecule has 3 nitrogen and oxygen atoms in total. The van der Waals surface area contributed by atoms with Gasteiger partial charge in [0.05, 0.1) is 6.61 Å². The average Bonchev–Trinajstić information content (AvgIpc) is 2.81. The number of nitrogens with two attached hydrogens (primary N) is 1. The summed E-state index contributed by atoms with van der Waals surface area (Å²) in [6.45, 7) is 2.67. The number of fused-ring (bicyclic) bond motifs is 1. The van der Waals surface area contributed by atoms with E-state index in [0.717, 1.165) is 22.9 Å². The number of anilines is 1. The summed E-state index contributed by atoms with van der Waals surface area (Å²) in [7, 11) is 0. The van der Waals surface area contributed by atoms with Gasteiger partial charge in [0.2, 0.25) is 0 Å². The van der Waals surface area contributed by atoms with Gasteiger partial charge in [0.25, 0.3) is 0 Å². The van der Waals surface area contributed by atoms with Gasteiger partial charge >= 0.3 is 5.97 Å². The van der Waals surface area contributed by atoms with Gasteiger partial charge in [-0.05, 0) is 36.1 Å². The zero-order chi connectivity index (χ0) is 13.7. The van der Waals surface area contributed by atoms with Crippen molar-refractivity contribution in [3.63, 3.8) is 0 Å². The molecule has 102 valence electrons. The number of thiophene rings is 1. The molecular formula is C15H19NO2S. The molecular weight excluding hydrogens is 258 g/mol. The van der Waals surface area contributed by atoms with Crippen LogP contribution < -0.4 is 5.73 Å². The van der Waals surface area contributed by atoms with Crippen LogP contribution in [0.1, 0.15) is 42.3 Å². The average molecular weight is 277 g/mol. The molecule has 0 aliphatic carbocycles. The van der Waals surface area contributed by atoms with Crippen molar-refractivity contribution in [3.8, 4) is 0 Å². The minimum atomic E-state index is -0.226. The van der Waals surface area contributed by atoms with Crippen LogP contribution in [0, 0.1) is 0 Å². The summed E-state index contributed by atoms with van der Waals surface area (Å²) in [5, 5.41) is 1.00. The molecule has 4 heteroatoms. The maximum absolute atomic E-state index is 11.9. The number of ether oxygens (including phenoxy) is 1. The van der Waals surface area contributed by atoms with E-state index in [4.69, 9.17) is 10.5 Å². The summed E-state index contributed by atoms with van der Waals surface area (Å²) in [5.74, 6) is -0.226. The number of benzene rings is 1. The molecule has 0 saturated carbocycles. The third-order valence-corrected chi connectivity index (χ3v) is 4.07. The second-order valence-electron chi connectivity index (χ2n) is 4.60. The fraction of sp³-hybridized carbons (Fsp3) is 0.400. The summed E-state index contributed by atoms with van der Waals surface area (Å²) < 4.78 is 6.34. The van der Waals surface area contributed by atoms with E-state index in [2.05, 4.69) is 6.92 Å². The van der Waals surface area contributed by atoms with E-state index in [1.54, 1.807) is 0 Å². The van der Waals surface area contributed by atoms with Crippen molar-refractivity contribution in [2.24, 2.45) is 0 Å². The summed E-state index contributed by atoms with van der Waals surface area (Å²) >= 11 is 1.45. The molecule has 0 fully saturated rings. The number of carbonyl (C=O) groups excluding carboxylic acids is 1. The Bertz CT molecular complexity index is 562. The number of rotatable bonds is 6. The van der Waals surface area contributed by atoms with Gasteiger partial charge in [-0.15, -0.1) is 11.3 Å². The summed E-state index contributed by atoms with van der Waals surface area (Å²) in [6.07, 6.45) is 4.44. The molecule has 19 heavy (non-hydrogen) atoms. The van der Waals surface area contributed by atoms with Crippen molar-refractivity contribution in [2.45, 2.75) is 32.6 Å². The van der Waals surface area contributed by atoms with Gasteiger partial charge < -0.3 is 10.5 Å². The highest BCUT2D eigenvalue weighted by Gasteiger charge is 2.11. The predicted molar refractivity (Wildman–Crippen MR) is 80.7 cm³/mol. The van der Waals surface area contributed by atoms with Crippen LogP contribution in [0.15, 0.2) is 24.3 Å². The van der Waals surface area contributed by atoms with E-state index in [0.29, 0.717) is 17.2 Å². The molecule has 0 atom stereocenters. The lowest BCUT2D eigenvalue weighted by Gasteiger charge is -2.02. The molecule has 0 aliphatic rings. The Kier molecular flexibility index (Phi) is 4.80. The van der Waals surface area contributed by atoms with Crippen molar-refractivity contribution >= 4 is 33.1 Å². The second-order valence-corrected chi connectivity index (χ2v) is 5.69. The lowest BCUT2D eigenvalue weighted by atomic mass is 10.2. The molecule has 0 spiro atoms. The van der Waals surface area contributed by atoms with Crippen LogP contribution in [-0.4, -0.2) is 12.6 Å². The van der Waals surface area contributed by atoms with Crippen LogP contribution in [0.3, 0.4) is 0 Å². The largest absolute Gasteiger partial charge is 0.462 e. The van der Waals surface area contributed by atoms with Crippen LogP contribution in [0.25, 0.3) is 10.1 Å². The van der Waals surface area contributed by atoms with Gasteiger partial charge in [-0.25, -0.2) is 4.79 Å². The van der Waals surface area contributed by atoms with Crippen LogP contribution in [0.4, 0.5) is 5.69 Å². The molecule has 0 unspecified atom stereocenters. The first-order chi connectivity index (χ1) is 9.20. The molecule has 0 amide bonds. The topological polar surface area (TPSA) is 52.3 Å². The third kappa shape index (κ3) is 3.70. The number of hydrogen-bond acceptors (Lipinski definition) is 4. The van der Waals surface area contributed by atoms with Gasteiger partial charge in [-0.2, -0.15) is 0 Å². The smallest absolute Gasteiger partial charge is 0.348 e. The van der Waals surface area contributed by atoms with Gasteiger partial charge in [0.1, 0.15) is 4.88 Å². The molecule has 0 saturated heterocycles. The van der Waals surface area contributed by atoms with Crippen molar-refractivity contribution in [3.05, 3.63) is 29.1 Å². The summed E-state index contributed by atoms with van der Waals surface area (Å²) in [6, 6.07) is 7.51. The second kappa shape index (κ2) is 6.57. The fourth-order valence-electron chi connectivity index (χ4n) is 1.93. The van der Waals surface area contributed by atoms with Gasteiger partial charge in [0.15, 0.2) is 0 Å². The number of hydrogen-bond donors (Lipinski definition) is 1. The molecule has 1 aromatic carbocycles. The monoisotopic (exact) mass is 277 g/mol. The Morgan fingerprint density at radius 2 is 2.11 bits per heavy atom. The highest BCUT2D eigenvalue weighted by atomic mass is 32.1. The van der Waals surface area contributed by atoms with E-state index >= 15 is 0 Å². The highest BCUT2D eigenvalue weighted by Crippen LogP contribution is 2.27. The molecule has 2 rings (SSSR count).